The normalized spacial score (nSPS) is 11.9. The van der Waals surface area contributed by atoms with Crippen LogP contribution in [-0.2, 0) is 9.53 Å². The maximum Gasteiger partial charge on any atom is 0.323 e. The van der Waals surface area contributed by atoms with Crippen LogP contribution in [0.15, 0.2) is 72.0 Å². The zero-order valence-corrected chi connectivity index (χ0v) is 13.4. The van der Waals surface area contributed by atoms with E-state index in [2.05, 4.69) is 9.97 Å². The van der Waals surface area contributed by atoms with E-state index in [4.69, 9.17) is 4.74 Å². The predicted molar refractivity (Wildman–Crippen MR) is 91.1 cm³/mol. The van der Waals surface area contributed by atoms with E-state index in [-0.39, 0.29) is 5.97 Å². The van der Waals surface area contributed by atoms with Crippen LogP contribution in [0.3, 0.4) is 0 Å². The summed E-state index contributed by atoms with van der Waals surface area (Å²) in [6.45, 7) is 0. The van der Waals surface area contributed by atoms with Crippen molar-refractivity contribution in [2.24, 2.45) is 0 Å². The minimum Gasteiger partial charge on any atom is -0.468 e. The zero-order valence-electron chi connectivity index (χ0n) is 12.6. The second-order valence-corrected chi connectivity index (χ2v) is 5.99. The van der Waals surface area contributed by atoms with Gasteiger partial charge in [-0.1, -0.05) is 72.4 Å². The summed E-state index contributed by atoms with van der Waals surface area (Å²) in [7, 11) is 1.40. The Kier molecular flexibility index (Phi) is 4.78. The number of aromatic amines is 1. The topological polar surface area (TPSA) is 55.0 Å². The van der Waals surface area contributed by atoms with Crippen LogP contribution in [-0.4, -0.2) is 23.0 Å². The quantitative estimate of drug-likeness (QED) is 0.567. The van der Waals surface area contributed by atoms with Crippen LogP contribution in [0.2, 0.25) is 0 Å². The highest BCUT2D eigenvalue weighted by Crippen LogP contribution is 2.35. The van der Waals surface area contributed by atoms with Crippen LogP contribution < -0.4 is 0 Å². The Labute approximate surface area is 138 Å². The van der Waals surface area contributed by atoms with E-state index in [0.717, 1.165) is 16.8 Å². The molecule has 1 aromatic heterocycles. The third-order valence-electron chi connectivity index (χ3n) is 3.38. The van der Waals surface area contributed by atoms with Crippen molar-refractivity contribution < 1.29 is 9.53 Å². The Morgan fingerprint density at radius 3 is 2.39 bits per heavy atom. The minimum absolute atomic E-state index is 0.293. The van der Waals surface area contributed by atoms with Gasteiger partial charge in [0.1, 0.15) is 5.25 Å². The first kappa shape index (κ1) is 15.4. The second-order valence-electron chi connectivity index (χ2n) is 4.90. The first-order valence-electron chi connectivity index (χ1n) is 7.18. The lowest BCUT2D eigenvalue weighted by Crippen LogP contribution is -2.11. The van der Waals surface area contributed by atoms with E-state index in [9.17, 15) is 4.79 Å². The van der Waals surface area contributed by atoms with E-state index in [1.165, 1.54) is 18.9 Å². The molecule has 0 bridgehead atoms. The average molecular weight is 324 g/mol. The molecule has 1 unspecified atom stereocenters. The first-order chi connectivity index (χ1) is 11.3. The molecule has 3 rings (SSSR count). The molecule has 0 fully saturated rings. The number of benzene rings is 2. The van der Waals surface area contributed by atoms with Crippen molar-refractivity contribution >= 4 is 17.7 Å². The molecule has 116 valence electrons. The van der Waals surface area contributed by atoms with Crippen LogP contribution in [0.25, 0.3) is 11.3 Å². The van der Waals surface area contributed by atoms with Crippen molar-refractivity contribution in [3.63, 3.8) is 0 Å². The number of nitrogens with one attached hydrogen (secondary N) is 1. The van der Waals surface area contributed by atoms with E-state index in [0.29, 0.717) is 5.16 Å². The average Bonchev–Trinajstić information content (AvgIpc) is 3.09. The number of nitrogens with zero attached hydrogens (tertiary/aromatic N) is 1. The molecule has 0 aliphatic heterocycles. The van der Waals surface area contributed by atoms with Gasteiger partial charge in [-0.2, -0.15) is 0 Å². The van der Waals surface area contributed by atoms with Crippen molar-refractivity contribution in [1.82, 2.24) is 9.97 Å². The van der Waals surface area contributed by atoms with Crippen LogP contribution in [0.4, 0.5) is 0 Å². The van der Waals surface area contributed by atoms with Crippen molar-refractivity contribution in [3.8, 4) is 11.3 Å². The third kappa shape index (κ3) is 3.63. The van der Waals surface area contributed by atoms with Crippen molar-refractivity contribution in [1.29, 1.82) is 0 Å². The SMILES string of the molecule is COC(=O)C(Sc1ncc(-c2ccccc2)[nH]1)c1ccccc1. The molecule has 1 heterocycles. The Morgan fingerprint density at radius 2 is 1.74 bits per heavy atom. The highest BCUT2D eigenvalue weighted by atomic mass is 32.2. The molecule has 4 nitrogen and oxygen atoms in total. The van der Waals surface area contributed by atoms with Gasteiger partial charge in [0.25, 0.3) is 0 Å². The van der Waals surface area contributed by atoms with E-state index < -0.39 is 5.25 Å². The van der Waals surface area contributed by atoms with Crippen molar-refractivity contribution in [3.05, 3.63) is 72.4 Å². The molecule has 0 aliphatic carbocycles. The van der Waals surface area contributed by atoms with Gasteiger partial charge in [-0.05, 0) is 11.1 Å². The first-order valence-corrected chi connectivity index (χ1v) is 8.06. The summed E-state index contributed by atoms with van der Waals surface area (Å²) in [5.41, 5.74) is 2.87. The number of methoxy groups -OCH3 is 1. The number of aromatic nitrogens is 2. The molecule has 3 aromatic rings. The van der Waals surface area contributed by atoms with Gasteiger partial charge in [0.2, 0.25) is 0 Å². The van der Waals surface area contributed by atoms with Gasteiger partial charge in [0, 0.05) is 0 Å². The number of ether oxygens (including phenoxy) is 1. The minimum atomic E-state index is -0.448. The smallest absolute Gasteiger partial charge is 0.323 e. The number of thioether (sulfide) groups is 1. The summed E-state index contributed by atoms with van der Waals surface area (Å²) in [5.74, 6) is -0.293. The summed E-state index contributed by atoms with van der Waals surface area (Å²) < 4.78 is 4.93. The lowest BCUT2D eigenvalue weighted by Gasteiger charge is -2.13. The summed E-state index contributed by atoms with van der Waals surface area (Å²) in [4.78, 5) is 19.7. The van der Waals surface area contributed by atoms with E-state index in [1.807, 2.05) is 60.7 Å². The molecule has 1 N–H and O–H groups in total. The highest BCUT2D eigenvalue weighted by Gasteiger charge is 2.24. The zero-order chi connectivity index (χ0) is 16.1. The highest BCUT2D eigenvalue weighted by molar-refractivity contribution is 8.00. The molecule has 0 spiro atoms. The Hall–Kier alpha value is -2.53. The molecule has 0 saturated heterocycles. The maximum absolute atomic E-state index is 12.1. The lowest BCUT2D eigenvalue weighted by atomic mass is 10.1. The van der Waals surface area contributed by atoms with E-state index in [1.54, 1.807) is 6.20 Å². The van der Waals surface area contributed by atoms with Gasteiger partial charge in [0.05, 0.1) is 19.0 Å². The molecule has 0 radical (unpaired) electrons. The number of hydrogen-bond donors (Lipinski definition) is 1. The Morgan fingerprint density at radius 1 is 1.09 bits per heavy atom. The summed E-state index contributed by atoms with van der Waals surface area (Å²) in [6, 6.07) is 19.5. The standard InChI is InChI=1S/C18H16N2O2S/c1-22-17(21)16(14-10-6-3-7-11-14)23-18-19-12-15(20-18)13-8-4-2-5-9-13/h2-12,16H,1H3,(H,19,20). The monoisotopic (exact) mass is 324 g/mol. The third-order valence-corrected chi connectivity index (χ3v) is 4.52. The Balaban J connectivity index is 1.84. The van der Waals surface area contributed by atoms with Crippen LogP contribution in [0.5, 0.6) is 0 Å². The van der Waals surface area contributed by atoms with Gasteiger partial charge >= 0.3 is 5.97 Å². The number of H-pyrrole nitrogens is 1. The van der Waals surface area contributed by atoms with Gasteiger partial charge in [0.15, 0.2) is 5.16 Å². The molecule has 0 amide bonds. The molecular weight excluding hydrogens is 308 g/mol. The molecule has 5 heteroatoms. The number of hydrogen-bond acceptors (Lipinski definition) is 4. The van der Waals surface area contributed by atoms with Gasteiger partial charge in [-0.25, -0.2) is 4.98 Å². The fraction of sp³-hybridized carbons (Fsp3) is 0.111. The molecule has 0 saturated carbocycles. The Bertz CT molecular complexity index is 772. The molecule has 2 aromatic carbocycles. The summed E-state index contributed by atoms with van der Waals surface area (Å²) in [6.07, 6.45) is 1.77. The number of carbonyl (C=O) groups excluding carboxylic acids is 1. The van der Waals surface area contributed by atoms with Crippen LogP contribution >= 0.6 is 11.8 Å². The van der Waals surface area contributed by atoms with Gasteiger partial charge in [-0.3, -0.25) is 4.79 Å². The van der Waals surface area contributed by atoms with Gasteiger partial charge in [-0.15, -0.1) is 0 Å². The van der Waals surface area contributed by atoms with Crippen LogP contribution in [0.1, 0.15) is 10.8 Å². The second kappa shape index (κ2) is 7.15. The molecule has 1 atom stereocenters. The van der Waals surface area contributed by atoms with Crippen LogP contribution in [0, 0.1) is 0 Å². The lowest BCUT2D eigenvalue weighted by molar-refractivity contribution is -0.140. The fourth-order valence-electron chi connectivity index (χ4n) is 2.23. The molecule has 0 aliphatic rings. The number of rotatable bonds is 5. The number of carbonyl (C=O) groups is 1. The maximum atomic E-state index is 12.1. The molecular formula is C18H16N2O2S. The van der Waals surface area contributed by atoms with Crippen molar-refractivity contribution in [2.75, 3.05) is 7.11 Å². The largest absolute Gasteiger partial charge is 0.468 e. The summed E-state index contributed by atoms with van der Waals surface area (Å²) in [5, 5.41) is 0.235. The van der Waals surface area contributed by atoms with Crippen molar-refractivity contribution in [2.45, 2.75) is 10.4 Å². The summed E-state index contributed by atoms with van der Waals surface area (Å²) >= 11 is 1.35. The van der Waals surface area contributed by atoms with Gasteiger partial charge < -0.3 is 9.72 Å². The fourth-order valence-corrected chi connectivity index (χ4v) is 3.22. The predicted octanol–water partition coefficient (Wildman–Crippen LogP) is 4.08. The number of esters is 1. The van der Waals surface area contributed by atoms with E-state index >= 15 is 0 Å². The molecule has 23 heavy (non-hydrogen) atoms. The number of imidazole rings is 1.